The van der Waals surface area contributed by atoms with Crippen LogP contribution in [0, 0.1) is 0 Å². The Kier molecular flexibility index (Phi) is 4.33. The average molecular weight is 243 g/mol. The lowest BCUT2D eigenvalue weighted by atomic mass is 10.2. The topological polar surface area (TPSA) is 57.5 Å². The third-order valence-electron chi connectivity index (χ3n) is 1.29. The first-order chi connectivity index (χ1) is 5.54. The fourth-order valence-corrected chi connectivity index (χ4v) is 1.14. The summed E-state index contributed by atoms with van der Waals surface area (Å²) in [5, 5.41) is 17.7. The minimum atomic E-state index is -1.31. The van der Waals surface area contributed by atoms with E-state index in [1.165, 1.54) is 12.1 Å². The molecular formula is C7H5Cl3O3. The Morgan fingerprint density at radius 2 is 1.69 bits per heavy atom. The minimum Gasteiger partial charge on any atom is -0.505 e. The molecule has 0 amide bonds. The van der Waals surface area contributed by atoms with Crippen molar-refractivity contribution >= 4 is 41.6 Å². The molecule has 1 aromatic carbocycles. The molecular weight excluding hydrogens is 238 g/mol. The zero-order valence-electron chi connectivity index (χ0n) is 6.12. The van der Waals surface area contributed by atoms with E-state index in [0.29, 0.717) is 0 Å². The van der Waals surface area contributed by atoms with Crippen molar-refractivity contribution in [3.8, 4) is 5.75 Å². The molecule has 6 heteroatoms. The summed E-state index contributed by atoms with van der Waals surface area (Å²) in [7, 11) is 0. The summed E-state index contributed by atoms with van der Waals surface area (Å²) in [5.74, 6) is -1.81. The Bertz CT molecular complexity index is 338. The molecule has 2 N–H and O–H groups in total. The van der Waals surface area contributed by atoms with E-state index in [0.717, 1.165) is 0 Å². The Hall–Kier alpha value is -0.640. The van der Waals surface area contributed by atoms with Gasteiger partial charge in [0.15, 0.2) is 0 Å². The molecule has 13 heavy (non-hydrogen) atoms. The largest absolute Gasteiger partial charge is 0.505 e. The molecule has 0 fully saturated rings. The lowest BCUT2D eigenvalue weighted by Gasteiger charge is -2.02. The lowest BCUT2D eigenvalue weighted by molar-refractivity contribution is 0.0694. The van der Waals surface area contributed by atoms with Crippen LogP contribution >= 0.6 is 35.6 Å². The van der Waals surface area contributed by atoms with E-state index >= 15 is 0 Å². The summed E-state index contributed by atoms with van der Waals surface area (Å²) in [6.45, 7) is 0. The highest BCUT2D eigenvalue weighted by Gasteiger charge is 2.16. The van der Waals surface area contributed by atoms with Crippen molar-refractivity contribution in [2.45, 2.75) is 0 Å². The number of hydrogen-bond donors (Lipinski definition) is 2. The summed E-state index contributed by atoms with van der Waals surface area (Å²) in [6.07, 6.45) is 0. The van der Waals surface area contributed by atoms with E-state index in [1.54, 1.807) is 0 Å². The Labute approximate surface area is 90.3 Å². The smallest absolute Gasteiger partial charge is 0.341 e. The molecule has 0 heterocycles. The summed E-state index contributed by atoms with van der Waals surface area (Å²) in [6, 6.07) is 2.64. The van der Waals surface area contributed by atoms with Gasteiger partial charge in [-0.15, -0.1) is 12.4 Å². The van der Waals surface area contributed by atoms with Gasteiger partial charge in [-0.2, -0.15) is 0 Å². The highest BCUT2D eigenvalue weighted by molar-refractivity contribution is 6.36. The van der Waals surface area contributed by atoms with Crippen LogP contribution in [0.5, 0.6) is 5.75 Å². The molecule has 0 radical (unpaired) electrons. The highest BCUT2D eigenvalue weighted by Crippen LogP contribution is 2.32. The number of carboxylic acid groups (broad SMARTS) is 1. The molecule has 0 saturated heterocycles. The third-order valence-corrected chi connectivity index (χ3v) is 1.91. The normalized spacial score (nSPS) is 9.08. The third kappa shape index (κ3) is 2.40. The SMILES string of the molecule is Cl.O=C(O)c1c(Cl)ccc(Cl)c1O. The van der Waals surface area contributed by atoms with Crippen molar-refractivity contribution in [3.05, 3.63) is 27.7 Å². The van der Waals surface area contributed by atoms with Crippen LogP contribution in [-0.2, 0) is 0 Å². The van der Waals surface area contributed by atoms with Crippen molar-refractivity contribution < 1.29 is 15.0 Å². The van der Waals surface area contributed by atoms with Gasteiger partial charge in [-0.3, -0.25) is 0 Å². The first-order valence-electron chi connectivity index (χ1n) is 2.94. The number of carboxylic acids is 1. The van der Waals surface area contributed by atoms with Gasteiger partial charge in [-0.25, -0.2) is 4.79 Å². The number of aromatic carboxylic acids is 1. The Morgan fingerprint density at radius 3 is 2.08 bits per heavy atom. The van der Waals surface area contributed by atoms with Gasteiger partial charge in [0.1, 0.15) is 11.3 Å². The van der Waals surface area contributed by atoms with Crippen molar-refractivity contribution in [2.75, 3.05) is 0 Å². The standard InChI is InChI=1S/C7H4Cl2O3.ClH/c8-3-1-2-4(9)6(10)5(3)7(11)12;/h1-2,10H,(H,11,12);1H. The quantitative estimate of drug-likeness (QED) is 0.797. The summed E-state index contributed by atoms with van der Waals surface area (Å²) >= 11 is 11.0. The van der Waals surface area contributed by atoms with E-state index in [9.17, 15) is 4.79 Å². The van der Waals surface area contributed by atoms with E-state index in [1.807, 2.05) is 0 Å². The molecule has 0 spiro atoms. The molecule has 0 bridgehead atoms. The molecule has 0 aliphatic rings. The molecule has 1 aromatic rings. The molecule has 0 aliphatic carbocycles. The zero-order chi connectivity index (χ0) is 9.30. The highest BCUT2D eigenvalue weighted by atomic mass is 35.5. The van der Waals surface area contributed by atoms with Gasteiger partial charge in [0.05, 0.1) is 10.0 Å². The molecule has 3 nitrogen and oxygen atoms in total. The first kappa shape index (κ1) is 12.4. The number of hydrogen-bond acceptors (Lipinski definition) is 2. The van der Waals surface area contributed by atoms with Crippen molar-refractivity contribution in [1.29, 1.82) is 0 Å². The molecule has 0 saturated carbocycles. The van der Waals surface area contributed by atoms with Crippen LogP contribution in [0.4, 0.5) is 0 Å². The predicted octanol–water partition coefficient (Wildman–Crippen LogP) is 2.82. The van der Waals surface area contributed by atoms with Crippen molar-refractivity contribution in [2.24, 2.45) is 0 Å². The molecule has 72 valence electrons. The zero-order valence-corrected chi connectivity index (χ0v) is 8.45. The average Bonchev–Trinajstić information content (AvgIpc) is 1.97. The first-order valence-corrected chi connectivity index (χ1v) is 3.70. The van der Waals surface area contributed by atoms with Crippen LogP contribution in [-0.4, -0.2) is 16.2 Å². The van der Waals surface area contributed by atoms with Gasteiger partial charge in [0, 0.05) is 0 Å². The maximum atomic E-state index is 10.5. The molecule has 0 aromatic heterocycles. The fourth-order valence-electron chi connectivity index (χ4n) is 0.745. The number of aromatic hydroxyl groups is 1. The van der Waals surface area contributed by atoms with Crippen LogP contribution in [0.15, 0.2) is 12.1 Å². The number of benzene rings is 1. The second-order valence-electron chi connectivity index (χ2n) is 2.06. The van der Waals surface area contributed by atoms with Gasteiger partial charge in [-0.1, -0.05) is 23.2 Å². The number of halogens is 3. The Morgan fingerprint density at radius 1 is 1.23 bits per heavy atom. The summed E-state index contributed by atoms with van der Waals surface area (Å²) < 4.78 is 0. The number of carbonyl (C=O) groups is 1. The van der Waals surface area contributed by atoms with Crippen LogP contribution in [0.2, 0.25) is 10.0 Å². The van der Waals surface area contributed by atoms with Gasteiger partial charge < -0.3 is 10.2 Å². The molecule has 1 rings (SSSR count). The van der Waals surface area contributed by atoms with Crippen LogP contribution < -0.4 is 0 Å². The Balaban J connectivity index is 0.00000144. The fraction of sp³-hybridized carbons (Fsp3) is 0. The van der Waals surface area contributed by atoms with E-state index in [4.69, 9.17) is 33.4 Å². The molecule has 0 atom stereocenters. The molecule has 0 aliphatic heterocycles. The van der Waals surface area contributed by atoms with Crippen molar-refractivity contribution in [3.63, 3.8) is 0 Å². The van der Waals surface area contributed by atoms with E-state index in [-0.39, 0.29) is 28.0 Å². The van der Waals surface area contributed by atoms with Crippen LogP contribution in [0.3, 0.4) is 0 Å². The summed E-state index contributed by atoms with van der Waals surface area (Å²) in [5.41, 5.74) is -0.371. The van der Waals surface area contributed by atoms with E-state index < -0.39 is 11.7 Å². The van der Waals surface area contributed by atoms with Gasteiger partial charge in [0.25, 0.3) is 0 Å². The van der Waals surface area contributed by atoms with Gasteiger partial charge in [0.2, 0.25) is 0 Å². The second-order valence-corrected chi connectivity index (χ2v) is 2.87. The maximum absolute atomic E-state index is 10.5. The second kappa shape index (κ2) is 4.56. The van der Waals surface area contributed by atoms with Crippen LogP contribution in [0.25, 0.3) is 0 Å². The minimum absolute atomic E-state index is 0. The lowest BCUT2D eigenvalue weighted by Crippen LogP contribution is -1.97. The number of phenols is 1. The van der Waals surface area contributed by atoms with Crippen molar-refractivity contribution in [1.82, 2.24) is 0 Å². The van der Waals surface area contributed by atoms with Gasteiger partial charge in [-0.05, 0) is 12.1 Å². The van der Waals surface area contributed by atoms with E-state index in [2.05, 4.69) is 0 Å². The number of rotatable bonds is 1. The van der Waals surface area contributed by atoms with Gasteiger partial charge >= 0.3 is 5.97 Å². The summed E-state index contributed by atoms with van der Waals surface area (Å²) in [4.78, 5) is 10.5. The predicted molar refractivity (Wildman–Crippen MR) is 52.3 cm³/mol. The molecule has 0 unspecified atom stereocenters. The monoisotopic (exact) mass is 242 g/mol. The maximum Gasteiger partial charge on any atom is 0.341 e. The van der Waals surface area contributed by atoms with Crippen LogP contribution in [0.1, 0.15) is 10.4 Å².